The van der Waals surface area contributed by atoms with Gasteiger partial charge in [0.1, 0.15) is 11.6 Å². The molecule has 3 rings (SSSR count). The van der Waals surface area contributed by atoms with Crippen LogP contribution in [0, 0.1) is 0 Å². The van der Waals surface area contributed by atoms with Gasteiger partial charge in [-0.15, -0.1) is 0 Å². The maximum absolute atomic E-state index is 5.22. The highest BCUT2D eigenvalue weighted by Crippen LogP contribution is 2.22. The largest absolute Gasteiger partial charge is 0.497 e. The lowest BCUT2D eigenvalue weighted by Gasteiger charge is -2.24. The fraction of sp³-hybridized carbons (Fsp3) is 0.444. The van der Waals surface area contributed by atoms with Crippen molar-refractivity contribution in [3.8, 4) is 17.1 Å². The summed E-state index contributed by atoms with van der Waals surface area (Å²) in [7, 11) is 1.67. The quantitative estimate of drug-likeness (QED) is 0.889. The molecule has 2 aromatic rings. The van der Waals surface area contributed by atoms with Crippen LogP contribution in [0.4, 0.5) is 5.82 Å². The van der Waals surface area contributed by atoms with Crippen molar-refractivity contribution >= 4 is 5.82 Å². The molecule has 0 saturated carbocycles. The van der Waals surface area contributed by atoms with Gasteiger partial charge >= 0.3 is 0 Å². The zero-order valence-corrected chi connectivity index (χ0v) is 13.8. The molecule has 2 heterocycles. The van der Waals surface area contributed by atoms with Gasteiger partial charge in [-0.2, -0.15) is 0 Å². The standard InChI is InChI=1S/C18H24N4O/c1-3-14-12-17(20-15-8-10-19-11-9-15)22-18(21-14)13-4-6-16(23-2)7-5-13/h4-7,12,15,19H,3,8-11H2,1-2H3,(H,20,21,22). The lowest BCUT2D eigenvalue weighted by atomic mass is 10.1. The molecule has 122 valence electrons. The predicted octanol–water partition coefficient (Wildman–Crippen LogP) is 2.88. The van der Waals surface area contributed by atoms with E-state index in [1.807, 2.05) is 24.3 Å². The molecule has 0 aliphatic carbocycles. The van der Waals surface area contributed by atoms with E-state index >= 15 is 0 Å². The van der Waals surface area contributed by atoms with Crippen molar-refractivity contribution in [2.75, 3.05) is 25.5 Å². The van der Waals surface area contributed by atoms with E-state index in [1.165, 1.54) is 0 Å². The molecule has 0 spiro atoms. The number of benzene rings is 1. The van der Waals surface area contributed by atoms with Crippen LogP contribution in [0.25, 0.3) is 11.4 Å². The van der Waals surface area contributed by atoms with Crippen LogP contribution in [0.15, 0.2) is 30.3 Å². The van der Waals surface area contributed by atoms with Gasteiger partial charge in [0.05, 0.1) is 7.11 Å². The van der Waals surface area contributed by atoms with Crippen LogP contribution < -0.4 is 15.4 Å². The van der Waals surface area contributed by atoms with E-state index in [0.29, 0.717) is 6.04 Å². The van der Waals surface area contributed by atoms with Crippen molar-refractivity contribution in [2.24, 2.45) is 0 Å². The van der Waals surface area contributed by atoms with Crippen molar-refractivity contribution < 1.29 is 4.74 Å². The fourth-order valence-corrected chi connectivity index (χ4v) is 2.80. The minimum absolute atomic E-state index is 0.486. The third-order valence-corrected chi connectivity index (χ3v) is 4.18. The van der Waals surface area contributed by atoms with Crippen molar-refractivity contribution in [1.29, 1.82) is 0 Å². The van der Waals surface area contributed by atoms with E-state index in [1.54, 1.807) is 7.11 Å². The number of aromatic nitrogens is 2. The number of methoxy groups -OCH3 is 1. The van der Waals surface area contributed by atoms with E-state index in [9.17, 15) is 0 Å². The maximum Gasteiger partial charge on any atom is 0.161 e. The Hall–Kier alpha value is -2.14. The van der Waals surface area contributed by atoms with Gasteiger partial charge in [0.15, 0.2) is 5.82 Å². The molecule has 1 aliphatic rings. The molecular weight excluding hydrogens is 288 g/mol. The first kappa shape index (κ1) is 15.7. The molecule has 1 saturated heterocycles. The normalized spacial score (nSPS) is 15.4. The highest BCUT2D eigenvalue weighted by Gasteiger charge is 2.14. The van der Waals surface area contributed by atoms with Gasteiger partial charge in [0, 0.05) is 23.4 Å². The molecule has 0 amide bonds. The second-order valence-corrected chi connectivity index (χ2v) is 5.82. The van der Waals surface area contributed by atoms with Gasteiger partial charge in [-0.05, 0) is 56.6 Å². The molecule has 0 unspecified atom stereocenters. The van der Waals surface area contributed by atoms with Crippen molar-refractivity contribution in [2.45, 2.75) is 32.2 Å². The maximum atomic E-state index is 5.22. The Kier molecular flexibility index (Phi) is 5.08. The summed E-state index contributed by atoms with van der Waals surface area (Å²) in [6.07, 6.45) is 3.15. The van der Waals surface area contributed by atoms with E-state index in [-0.39, 0.29) is 0 Å². The average molecular weight is 312 g/mol. The summed E-state index contributed by atoms with van der Waals surface area (Å²) in [6.45, 7) is 4.25. The fourth-order valence-electron chi connectivity index (χ4n) is 2.80. The molecule has 0 bridgehead atoms. The summed E-state index contributed by atoms with van der Waals surface area (Å²) in [6, 6.07) is 10.4. The topological polar surface area (TPSA) is 59.1 Å². The van der Waals surface area contributed by atoms with Crippen LogP contribution in [0.2, 0.25) is 0 Å². The number of nitrogens with one attached hydrogen (secondary N) is 2. The van der Waals surface area contributed by atoms with Crippen LogP contribution >= 0.6 is 0 Å². The van der Waals surface area contributed by atoms with Crippen LogP contribution in [-0.4, -0.2) is 36.2 Å². The van der Waals surface area contributed by atoms with Crippen LogP contribution in [-0.2, 0) is 6.42 Å². The summed E-state index contributed by atoms with van der Waals surface area (Å²) in [5.41, 5.74) is 2.07. The van der Waals surface area contributed by atoms with E-state index in [4.69, 9.17) is 9.72 Å². The molecule has 5 nitrogen and oxygen atoms in total. The molecule has 0 radical (unpaired) electrons. The first-order valence-corrected chi connectivity index (χ1v) is 8.28. The van der Waals surface area contributed by atoms with Gasteiger partial charge < -0.3 is 15.4 Å². The Morgan fingerprint density at radius 1 is 1.17 bits per heavy atom. The summed E-state index contributed by atoms with van der Waals surface area (Å²) in [5, 5.41) is 6.96. The lowest BCUT2D eigenvalue weighted by molar-refractivity contribution is 0.415. The molecule has 1 aromatic heterocycles. The monoisotopic (exact) mass is 312 g/mol. The number of rotatable bonds is 5. The third-order valence-electron chi connectivity index (χ3n) is 4.18. The second-order valence-electron chi connectivity index (χ2n) is 5.82. The average Bonchev–Trinajstić information content (AvgIpc) is 2.62. The molecule has 1 aliphatic heterocycles. The smallest absolute Gasteiger partial charge is 0.161 e. The highest BCUT2D eigenvalue weighted by atomic mass is 16.5. The lowest BCUT2D eigenvalue weighted by Crippen LogP contribution is -2.35. The second kappa shape index (κ2) is 7.42. The molecule has 1 aromatic carbocycles. The Bertz CT molecular complexity index is 636. The van der Waals surface area contributed by atoms with Crippen molar-refractivity contribution in [3.05, 3.63) is 36.0 Å². The number of anilines is 1. The van der Waals surface area contributed by atoms with Gasteiger partial charge in [-0.3, -0.25) is 0 Å². The Balaban J connectivity index is 1.85. The Morgan fingerprint density at radius 3 is 2.57 bits per heavy atom. The zero-order chi connectivity index (χ0) is 16.1. The van der Waals surface area contributed by atoms with Crippen molar-refractivity contribution in [3.63, 3.8) is 0 Å². The SMILES string of the molecule is CCc1cc(NC2CCNCC2)nc(-c2ccc(OC)cc2)n1. The van der Waals surface area contributed by atoms with Crippen LogP contribution in [0.1, 0.15) is 25.5 Å². The number of aryl methyl sites for hydroxylation is 1. The number of piperidine rings is 1. The molecule has 1 fully saturated rings. The van der Waals surface area contributed by atoms with Crippen molar-refractivity contribution in [1.82, 2.24) is 15.3 Å². The van der Waals surface area contributed by atoms with Gasteiger partial charge in [0.25, 0.3) is 0 Å². The minimum Gasteiger partial charge on any atom is -0.497 e. The third kappa shape index (κ3) is 3.99. The van der Waals surface area contributed by atoms with Crippen LogP contribution in [0.5, 0.6) is 5.75 Å². The van der Waals surface area contributed by atoms with Gasteiger partial charge in [0.2, 0.25) is 0 Å². The molecule has 23 heavy (non-hydrogen) atoms. The van der Waals surface area contributed by atoms with Gasteiger partial charge in [-0.25, -0.2) is 9.97 Å². The summed E-state index contributed by atoms with van der Waals surface area (Å²) >= 11 is 0. The van der Waals surface area contributed by atoms with Crippen LogP contribution in [0.3, 0.4) is 0 Å². The predicted molar refractivity (Wildman–Crippen MR) is 92.9 cm³/mol. The first-order chi connectivity index (χ1) is 11.3. The number of nitrogens with zero attached hydrogens (tertiary/aromatic N) is 2. The first-order valence-electron chi connectivity index (χ1n) is 8.28. The van der Waals surface area contributed by atoms with E-state index in [0.717, 1.165) is 61.0 Å². The number of ether oxygens (including phenoxy) is 1. The number of hydrogen-bond donors (Lipinski definition) is 2. The number of hydrogen-bond acceptors (Lipinski definition) is 5. The minimum atomic E-state index is 0.486. The highest BCUT2D eigenvalue weighted by molar-refractivity contribution is 5.59. The summed E-state index contributed by atoms with van der Waals surface area (Å²) in [5.74, 6) is 2.53. The molecular formula is C18H24N4O. The Labute approximate surface area is 137 Å². The summed E-state index contributed by atoms with van der Waals surface area (Å²) in [4.78, 5) is 9.38. The Morgan fingerprint density at radius 2 is 1.91 bits per heavy atom. The van der Waals surface area contributed by atoms with E-state index < -0.39 is 0 Å². The van der Waals surface area contributed by atoms with Gasteiger partial charge in [-0.1, -0.05) is 6.92 Å². The zero-order valence-electron chi connectivity index (χ0n) is 13.8. The molecule has 0 atom stereocenters. The molecule has 5 heteroatoms. The molecule has 2 N–H and O–H groups in total. The summed E-state index contributed by atoms with van der Waals surface area (Å²) < 4.78 is 5.22. The van der Waals surface area contributed by atoms with E-state index in [2.05, 4.69) is 28.6 Å².